The van der Waals surface area contributed by atoms with Crippen LogP contribution in [-0.4, -0.2) is 20.0 Å². The fraction of sp³-hybridized carbons (Fsp3) is 0.300. The SMILES string of the molecule is CCCNS(=O)(=O)c1ccc(F)c(C(N)=S)c1. The monoisotopic (exact) mass is 276 g/mol. The van der Waals surface area contributed by atoms with Crippen LogP contribution in [0.25, 0.3) is 0 Å². The van der Waals surface area contributed by atoms with Crippen molar-refractivity contribution < 1.29 is 12.8 Å². The second-order valence-corrected chi connectivity index (χ2v) is 5.61. The molecule has 0 aromatic heterocycles. The first kappa shape index (κ1) is 14.0. The Kier molecular flexibility index (Phi) is 4.55. The van der Waals surface area contributed by atoms with Gasteiger partial charge in [0.05, 0.1) is 4.90 Å². The van der Waals surface area contributed by atoms with E-state index in [9.17, 15) is 12.8 Å². The summed E-state index contributed by atoms with van der Waals surface area (Å²) in [6, 6.07) is 3.35. The van der Waals surface area contributed by atoms with Crippen molar-refractivity contribution in [1.82, 2.24) is 4.72 Å². The van der Waals surface area contributed by atoms with E-state index in [2.05, 4.69) is 16.9 Å². The summed E-state index contributed by atoms with van der Waals surface area (Å²) in [6.45, 7) is 2.16. The molecule has 0 radical (unpaired) electrons. The Bertz CT molecular complexity index is 529. The van der Waals surface area contributed by atoms with E-state index in [1.165, 1.54) is 6.07 Å². The minimum absolute atomic E-state index is 0.0462. The number of sulfonamides is 1. The molecule has 17 heavy (non-hydrogen) atoms. The maximum atomic E-state index is 13.3. The summed E-state index contributed by atoms with van der Waals surface area (Å²) >= 11 is 4.64. The Morgan fingerprint density at radius 2 is 2.18 bits per heavy atom. The predicted molar refractivity (Wildman–Crippen MR) is 67.8 cm³/mol. The quantitative estimate of drug-likeness (QED) is 0.791. The first-order valence-corrected chi connectivity index (χ1v) is 6.86. The third kappa shape index (κ3) is 3.45. The molecular formula is C10H13FN2O2S2. The molecule has 0 amide bonds. The lowest BCUT2D eigenvalue weighted by molar-refractivity contribution is 0.579. The van der Waals surface area contributed by atoms with Crippen molar-refractivity contribution in [3.05, 3.63) is 29.6 Å². The van der Waals surface area contributed by atoms with Crippen LogP contribution in [0.2, 0.25) is 0 Å². The molecule has 0 aliphatic carbocycles. The molecule has 3 N–H and O–H groups in total. The predicted octanol–water partition coefficient (Wildman–Crippen LogP) is 1.15. The van der Waals surface area contributed by atoms with Gasteiger partial charge in [-0.05, 0) is 24.6 Å². The molecule has 0 bridgehead atoms. The van der Waals surface area contributed by atoms with Gasteiger partial charge in [0.15, 0.2) is 0 Å². The van der Waals surface area contributed by atoms with Crippen molar-refractivity contribution in [3.63, 3.8) is 0 Å². The number of rotatable bonds is 5. The Labute approximate surface area is 105 Å². The van der Waals surface area contributed by atoms with Gasteiger partial charge in [-0.25, -0.2) is 17.5 Å². The highest BCUT2D eigenvalue weighted by atomic mass is 32.2. The van der Waals surface area contributed by atoms with Gasteiger partial charge in [-0.15, -0.1) is 0 Å². The van der Waals surface area contributed by atoms with Gasteiger partial charge >= 0.3 is 0 Å². The summed E-state index contributed by atoms with van der Waals surface area (Å²) in [4.78, 5) is -0.217. The van der Waals surface area contributed by atoms with E-state index in [1.807, 2.05) is 6.92 Å². The minimum Gasteiger partial charge on any atom is -0.389 e. The van der Waals surface area contributed by atoms with Crippen LogP contribution >= 0.6 is 12.2 Å². The Hall–Kier alpha value is -1.05. The fourth-order valence-corrected chi connectivity index (χ4v) is 2.50. The van der Waals surface area contributed by atoms with E-state index in [1.54, 1.807) is 0 Å². The summed E-state index contributed by atoms with van der Waals surface area (Å²) < 4.78 is 39.2. The molecule has 0 saturated carbocycles. The first-order valence-electron chi connectivity index (χ1n) is 4.97. The smallest absolute Gasteiger partial charge is 0.240 e. The van der Waals surface area contributed by atoms with Crippen LogP contribution in [0.15, 0.2) is 23.1 Å². The number of benzene rings is 1. The molecule has 4 nitrogen and oxygen atoms in total. The van der Waals surface area contributed by atoms with Crippen molar-refractivity contribution in [3.8, 4) is 0 Å². The summed E-state index contributed by atoms with van der Waals surface area (Å²) in [5.74, 6) is -0.632. The maximum absolute atomic E-state index is 13.3. The first-order chi connectivity index (χ1) is 7.88. The van der Waals surface area contributed by atoms with Crippen LogP contribution in [0, 0.1) is 5.82 Å². The van der Waals surface area contributed by atoms with Gasteiger partial charge in [-0.2, -0.15) is 0 Å². The molecule has 0 aliphatic heterocycles. The van der Waals surface area contributed by atoms with Gasteiger partial charge in [0.2, 0.25) is 10.0 Å². The summed E-state index contributed by atoms with van der Waals surface area (Å²) in [6.07, 6.45) is 0.669. The highest BCUT2D eigenvalue weighted by Gasteiger charge is 2.16. The van der Waals surface area contributed by atoms with Crippen molar-refractivity contribution >= 4 is 27.2 Å². The summed E-state index contributed by atoms with van der Waals surface area (Å²) in [5, 5.41) is 0. The lowest BCUT2D eigenvalue weighted by Crippen LogP contribution is -2.25. The second kappa shape index (κ2) is 5.52. The molecule has 1 aromatic carbocycles. The maximum Gasteiger partial charge on any atom is 0.240 e. The normalized spacial score (nSPS) is 11.4. The van der Waals surface area contributed by atoms with E-state index in [-0.39, 0.29) is 15.4 Å². The number of nitrogens with one attached hydrogen (secondary N) is 1. The van der Waals surface area contributed by atoms with Crippen LogP contribution in [0.1, 0.15) is 18.9 Å². The van der Waals surface area contributed by atoms with E-state index in [4.69, 9.17) is 5.73 Å². The lowest BCUT2D eigenvalue weighted by Gasteiger charge is -2.07. The number of halogens is 1. The second-order valence-electron chi connectivity index (χ2n) is 3.40. The summed E-state index contributed by atoms with van der Waals surface area (Å²) in [7, 11) is -3.63. The molecule has 0 spiro atoms. The molecule has 0 aliphatic rings. The number of hydrogen-bond donors (Lipinski definition) is 2. The van der Waals surface area contributed by atoms with Crippen LogP contribution in [0.5, 0.6) is 0 Å². The van der Waals surface area contributed by atoms with Gasteiger partial charge in [0.1, 0.15) is 10.8 Å². The van der Waals surface area contributed by atoms with E-state index < -0.39 is 15.8 Å². The number of nitrogens with two attached hydrogens (primary N) is 1. The lowest BCUT2D eigenvalue weighted by atomic mass is 10.2. The standard InChI is InChI=1S/C10H13FN2O2S2/c1-2-5-13-17(14,15)7-3-4-9(11)8(6-7)10(12)16/h3-4,6,13H,2,5H2,1H3,(H2,12,16). The fourth-order valence-electron chi connectivity index (χ4n) is 1.18. The number of thiocarbonyl (C=S) groups is 1. The average Bonchev–Trinajstić information content (AvgIpc) is 2.26. The van der Waals surface area contributed by atoms with Crippen molar-refractivity contribution in [2.24, 2.45) is 5.73 Å². The minimum atomic E-state index is -3.63. The van der Waals surface area contributed by atoms with E-state index in [0.717, 1.165) is 12.1 Å². The highest BCUT2D eigenvalue weighted by molar-refractivity contribution is 7.89. The van der Waals surface area contributed by atoms with Gasteiger partial charge in [0.25, 0.3) is 0 Å². The van der Waals surface area contributed by atoms with Crippen LogP contribution in [0.4, 0.5) is 4.39 Å². The van der Waals surface area contributed by atoms with Crippen molar-refractivity contribution in [1.29, 1.82) is 0 Å². The molecule has 0 unspecified atom stereocenters. The van der Waals surface area contributed by atoms with Crippen LogP contribution < -0.4 is 10.5 Å². The molecule has 1 rings (SSSR count). The van der Waals surface area contributed by atoms with Gasteiger partial charge in [-0.1, -0.05) is 19.1 Å². The zero-order valence-electron chi connectivity index (χ0n) is 9.23. The Balaban J connectivity index is 3.16. The molecule has 0 fully saturated rings. The third-order valence-corrected chi connectivity index (χ3v) is 3.73. The largest absolute Gasteiger partial charge is 0.389 e. The molecule has 0 saturated heterocycles. The molecule has 7 heteroatoms. The van der Waals surface area contributed by atoms with Crippen LogP contribution in [0.3, 0.4) is 0 Å². The van der Waals surface area contributed by atoms with Gasteiger partial charge in [-0.3, -0.25) is 0 Å². The Morgan fingerprint density at radius 3 is 2.71 bits per heavy atom. The Morgan fingerprint density at radius 1 is 1.53 bits per heavy atom. The zero-order valence-corrected chi connectivity index (χ0v) is 10.9. The van der Waals surface area contributed by atoms with Crippen molar-refractivity contribution in [2.45, 2.75) is 18.2 Å². The zero-order chi connectivity index (χ0) is 13.1. The highest BCUT2D eigenvalue weighted by Crippen LogP contribution is 2.15. The average molecular weight is 276 g/mol. The molecule has 1 aromatic rings. The van der Waals surface area contributed by atoms with Crippen LogP contribution in [-0.2, 0) is 10.0 Å². The molecule has 0 heterocycles. The van der Waals surface area contributed by atoms with Gasteiger partial charge in [0, 0.05) is 12.1 Å². The van der Waals surface area contributed by atoms with E-state index in [0.29, 0.717) is 13.0 Å². The molecule has 94 valence electrons. The third-order valence-electron chi connectivity index (χ3n) is 2.06. The molecule has 0 atom stereocenters. The molecular weight excluding hydrogens is 263 g/mol. The van der Waals surface area contributed by atoms with E-state index >= 15 is 0 Å². The number of hydrogen-bond acceptors (Lipinski definition) is 3. The topological polar surface area (TPSA) is 72.2 Å². The van der Waals surface area contributed by atoms with Crippen molar-refractivity contribution in [2.75, 3.05) is 6.54 Å². The summed E-state index contributed by atoms with van der Waals surface area (Å²) in [5.41, 5.74) is 5.23. The van der Waals surface area contributed by atoms with Gasteiger partial charge < -0.3 is 5.73 Å².